The van der Waals surface area contributed by atoms with E-state index in [0.717, 1.165) is 19.5 Å². The van der Waals surface area contributed by atoms with Crippen molar-refractivity contribution in [3.63, 3.8) is 0 Å². The van der Waals surface area contributed by atoms with E-state index in [4.69, 9.17) is 0 Å². The van der Waals surface area contributed by atoms with Crippen LogP contribution < -0.4 is 26.9 Å². The topological polar surface area (TPSA) is 33.0 Å². The number of pyridine rings is 1. The second kappa shape index (κ2) is 9.72. The summed E-state index contributed by atoms with van der Waals surface area (Å²) in [5.74, 6) is 0.148. The molecule has 0 aliphatic heterocycles. The number of aryl methyl sites for hydroxylation is 2. The molecule has 0 saturated heterocycles. The van der Waals surface area contributed by atoms with Gasteiger partial charge in [-0.3, -0.25) is 4.79 Å². The summed E-state index contributed by atoms with van der Waals surface area (Å²) in [6, 6.07) is 4.13. The number of allylic oxidation sites excluding steroid dienone is 1. The molecular formula is C17H25BrN2O. The van der Waals surface area contributed by atoms with Gasteiger partial charge in [0.25, 0.3) is 0 Å². The number of rotatable bonds is 6. The molecule has 1 amide bonds. The van der Waals surface area contributed by atoms with Crippen LogP contribution >= 0.6 is 0 Å². The Labute approximate surface area is 138 Å². The van der Waals surface area contributed by atoms with E-state index in [1.165, 1.54) is 36.8 Å². The predicted octanol–water partition coefficient (Wildman–Crippen LogP) is -0.317. The van der Waals surface area contributed by atoms with Gasteiger partial charge >= 0.3 is 0 Å². The quantitative estimate of drug-likeness (QED) is 0.552. The van der Waals surface area contributed by atoms with Crippen molar-refractivity contribution in [3.8, 4) is 0 Å². The molecule has 0 unspecified atom stereocenters. The first-order valence-electron chi connectivity index (χ1n) is 7.64. The Morgan fingerprint density at radius 3 is 2.71 bits per heavy atom. The zero-order valence-corrected chi connectivity index (χ0v) is 14.4. The summed E-state index contributed by atoms with van der Waals surface area (Å²) in [6.45, 7) is 3.59. The van der Waals surface area contributed by atoms with Crippen molar-refractivity contribution in [2.45, 2.75) is 52.0 Å². The molecule has 3 nitrogen and oxygen atoms in total. The third-order valence-electron chi connectivity index (χ3n) is 3.81. The van der Waals surface area contributed by atoms with Crippen LogP contribution in [0.4, 0.5) is 0 Å². The highest BCUT2D eigenvalue weighted by atomic mass is 79.9. The molecule has 1 aliphatic carbocycles. The van der Waals surface area contributed by atoms with E-state index in [-0.39, 0.29) is 22.9 Å². The molecule has 0 aromatic carbocycles. The Morgan fingerprint density at radius 2 is 2.05 bits per heavy atom. The highest BCUT2D eigenvalue weighted by Crippen LogP contribution is 2.19. The van der Waals surface area contributed by atoms with E-state index >= 15 is 0 Å². The van der Waals surface area contributed by atoms with Gasteiger partial charge in [0, 0.05) is 18.7 Å². The third kappa shape index (κ3) is 6.89. The molecule has 1 aliphatic rings. The first-order chi connectivity index (χ1) is 9.74. The fourth-order valence-corrected chi connectivity index (χ4v) is 2.49. The number of aromatic nitrogens is 1. The predicted molar refractivity (Wildman–Crippen MR) is 80.2 cm³/mol. The van der Waals surface area contributed by atoms with Gasteiger partial charge in [0.05, 0.1) is 6.42 Å². The van der Waals surface area contributed by atoms with Crippen LogP contribution in [0, 0.1) is 6.92 Å². The molecule has 0 saturated carbocycles. The first kappa shape index (κ1) is 17.9. The normalized spacial score (nSPS) is 14.0. The number of hydrogen-bond donors (Lipinski definition) is 1. The third-order valence-corrected chi connectivity index (χ3v) is 3.81. The van der Waals surface area contributed by atoms with Gasteiger partial charge in [-0.2, -0.15) is 0 Å². The number of amides is 1. The minimum Gasteiger partial charge on any atom is -1.00 e. The fourth-order valence-electron chi connectivity index (χ4n) is 2.49. The van der Waals surface area contributed by atoms with E-state index < -0.39 is 0 Å². The number of halogens is 1. The van der Waals surface area contributed by atoms with Crippen LogP contribution in [0.1, 0.15) is 44.1 Å². The van der Waals surface area contributed by atoms with Gasteiger partial charge in [-0.1, -0.05) is 11.6 Å². The fraction of sp³-hybridized carbons (Fsp3) is 0.529. The maximum Gasteiger partial charge on any atom is 0.226 e. The molecule has 1 aromatic heterocycles. The molecule has 0 radical (unpaired) electrons. The van der Waals surface area contributed by atoms with Gasteiger partial charge in [-0.05, 0) is 44.6 Å². The van der Waals surface area contributed by atoms with Gasteiger partial charge < -0.3 is 22.3 Å². The molecular weight excluding hydrogens is 328 g/mol. The van der Waals surface area contributed by atoms with Crippen LogP contribution in [0.2, 0.25) is 0 Å². The van der Waals surface area contributed by atoms with Gasteiger partial charge in [-0.15, -0.1) is 0 Å². The minimum absolute atomic E-state index is 0. The zero-order valence-electron chi connectivity index (χ0n) is 12.8. The number of carbonyl (C=O) groups excluding carboxylic acids is 1. The zero-order chi connectivity index (χ0) is 14.2. The lowest BCUT2D eigenvalue weighted by Gasteiger charge is -2.12. The van der Waals surface area contributed by atoms with Crippen LogP contribution in [0.25, 0.3) is 0 Å². The average Bonchev–Trinajstić information content (AvgIpc) is 2.48. The highest BCUT2D eigenvalue weighted by molar-refractivity contribution is 5.75. The number of nitrogens with zero attached hydrogens (tertiary/aromatic N) is 1. The highest BCUT2D eigenvalue weighted by Gasteiger charge is 2.07. The lowest BCUT2D eigenvalue weighted by molar-refractivity contribution is -0.695. The lowest BCUT2D eigenvalue weighted by atomic mass is 9.97. The van der Waals surface area contributed by atoms with Crippen molar-refractivity contribution >= 4 is 5.91 Å². The first-order valence-corrected chi connectivity index (χ1v) is 7.64. The summed E-state index contributed by atoms with van der Waals surface area (Å²) in [4.78, 5) is 11.8. The number of hydrogen-bond acceptors (Lipinski definition) is 1. The van der Waals surface area contributed by atoms with Crippen molar-refractivity contribution in [2.24, 2.45) is 0 Å². The van der Waals surface area contributed by atoms with Gasteiger partial charge in [-0.25, -0.2) is 4.57 Å². The summed E-state index contributed by atoms with van der Waals surface area (Å²) < 4.78 is 2.05. The van der Waals surface area contributed by atoms with Crippen molar-refractivity contribution in [1.82, 2.24) is 5.32 Å². The Bertz CT molecular complexity index is 468. The van der Waals surface area contributed by atoms with Crippen LogP contribution in [0.3, 0.4) is 0 Å². The summed E-state index contributed by atoms with van der Waals surface area (Å²) in [7, 11) is 0. The smallest absolute Gasteiger partial charge is 0.226 e. The molecule has 1 aromatic rings. The van der Waals surface area contributed by atoms with Crippen LogP contribution in [0.15, 0.2) is 36.2 Å². The Kier molecular flexibility index (Phi) is 8.28. The van der Waals surface area contributed by atoms with Crippen LogP contribution in [-0.2, 0) is 11.3 Å². The van der Waals surface area contributed by atoms with Gasteiger partial charge in [0.1, 0.15) is 0 Å². The maximum absolute atomic E-state index is 11.8. The Balaban J connectivity index is 0.00000220. The summed E-state index contributed by atoms with van der Waals surface area (Å²) in [5, 5.41) is 3.02. The Morgan fingerprint density at radius 1 is 1.29 bits per heavy atom. The molecule has 0 spiro atoms. The van der Waals surface area contributed by atoms with E-state index in [2.05, 4.69) is 35.0 Å². The maximum atomic E-state index is 11.8. The molecule has 1 heterocycles. The second-order valence-corrected chi connectivity index (χ2v) is 5.57. The van der Waals surface area contributed by atoms with E-state index in [0.29, 0.717) is 6.42 Å². The van der Waals surface area contributed by atoms with E-state index in [1.54, 1.807) is 0 Å². The monoisotopic (exact) mass is 352 g/mol. The summed E-state index contributed by atoms with van der Waals surface area (Å²) in [5.41, 5.74) is 2.76. The van der Waals surface area contributed by atoms with Crippen LogP contribution in [-0.4, -0.2) is 12.5 Å². The van der Waals surface area contributed by atoms with Crippen molar-refractivity contribution in [3.05, 3.63) is 41.7 Å². The largest absolute Gasteiger partial charge is 1.00 e. The molecule has 116 valence electrons. The SMILES string of the molecule is Cc1cc[n+](CCC(=O)NCCC2=CCCCC2)cc1.[Br-]. The molecule has 2 rings (SSSR count). The van der Waals surface area contributed by atoms with Crippen LogP contribution in [0.5, 0.6) is 0 Å². The molecule has 0 fully saturated rings. The molecule has 1 N–H and O–H groups in total. The molecule has 4 heteroatoms. The van der Waals surface area contributed by atoms with Crippen molar-refractivity contribution in [1.29, 1.82) is 0 Å². The summed E-state index contributed by atoms with van der Waals surface area (Å²) in [6.07, 6.45) is 13.0. The lowest BCUT2D eigenvalue weighted by Crippen LogP contribution is -3.00. The minimum atomic E-state index is 0. The standard InChI is InChI=1S/C17H24N2O.BrH/c1-15-8-12-19(13-9-15)14-10-17(20)18-11-7-16-5-3-2-4-6-16;/h5,8-9,12-13H,2-4,6-7,10-11,14H2,1H3;1H. The number of carbonyl (C=O) groups is 1. The van der Waals surface area contributed by atoms with E-state index in [9.17, 15) is 4.79 Å². The van der Waals surface area contributed by atoms with E-state index in [1.807, 2.05) is 12.4 Å². The van der Waals surface area contributed by atoms with Crippen molar-refractivity contribution in [2.75, 3.05) is 6.54 Å². The van der Waals surface area contributed by atoms with Crippen molar-refractivity contribution < 1.29 is 26.3 Å². The molecule has 0 bridgehead atoms. The average molecular weight is 353 g/mol. The molecule has 0 atom stereocenters. The number of nitrogens with one attached hydrogen (secondary N) is 1. The second-order valence-electron chi connectivity index (χ2n) is 5.57. The molecule has 21 heavy (non-hydrogen) atoms. The van der Waals surface area contributed by atoms with Gasteiger partial charge in [0.15, 0.2) is 18.9 Å². The van der Waals surface area contributed by atoms with Gasteiger partial charge in [0.2, 0.25) is 5.91 Å². The Hall–Kier alpha value is -1.16. The summed E-state index contributed by atoms with van der Waals surface area (Å²) >= 11 is 0.